The van der Waals surface area contributed by atoms with Crippen molar-refractivity contribution in [2.45, 2.75) is 39.7 Å². The minimum absolute atomic E-state index is 0.0325. The van der Waals surface area contributed by atoms with Crippen LogP contribution in [0.4, 0.5) is 17.1 Å². The summed E-state index contributed by atoms with van der Waals surface area (Å²) in [5.74, 6) is 0. The highest BCUT2D eigenvalue weighted by atomic mass is 16.6. The van der Waals surface area contributed by atoms with Gasteiger partial charge in [0, 0.05) is 25.2 Å². The summed E-state index contributed by atoms with van der Waals surface area (Å²) >= 11 is 0. The summed E-state index contributed by atoms with van der Waals surface area (Å²) in [4.78, 5) is 23.0. The maximum Gasteiger partial charge on any atom is 0.299 e. The first kappa shape index (κ1) is 17.8. The predicted molar refractivity (Wildman–Crippen MR) is 83.3 cm³/mol. The van der Waals surface area contributed by atoms with Gasteiger partial charge in [0.2, 0.25) is 0 Å². The Balaban J connectivity index is 3.57. The minimum atomic E-state index is -0.753. The Kier molecular flexibility index (Phi) is 6.24. The zero-order valence-electron chi connectivity index (χ0n) is 13.0. The second-order valence-electron chi connectivity index (χ2n) is 5.15. The highest BCUT2D eigenvalue weighted by Gasteiger charge is 2.31. The lowest BCUT2D eigenvalue weighted by atomic mass is 10.1. The Morgan fingerprint density at radius 1 is 1.18 bits per heavy atom. The molecule has 1 aromatic rings. The number of nitro benzene ring substituents is 2. The summed E-state index contributed by atoms with van der Waals surface area (Å²) in [6.45, 7) is 5.68. The van der Waals surface area contributed by atoms with Crippen LogP contribution in [-0.4, -0.2) is 34.1 Å². The molecular weight excluding hydrogens is 290 g/mol. The van der Waals surface area contributed by atoms with Crippen LogP contribution >= 0.6 is 0 Å². The van der Waals surface area contributed by atoms with Crippen LogP contribution in [-0.2, 0) is 6.42 Å². The number of rotatable bonds is 8. The van der Waals surface area contributed by atoms with Crippen molar-refractivity contribution in [1.29, 1.82) is 0 Å². The summed E-state index contributed by atoms with van der Waals surface area (Å²) in [5.41, 5.74) is -0.0779. The fourth-order valence-corrected chi connectivity index (χ4v) is 2.35. The number of nitrogens with zero attached hydrogens (tertiary/aromatic N) is 3. The van der Waals surface area contributed by atoms with Gasteiger partial charge in [0.15, 0.2) is 5.69 Å². The van der Waals surface area contributed by atoms with Crippen LogP contribution in [0.2, 0.25) is 0 Å². The van der Waals surface area contributed by atoms with Gasteiger partial charge < -0.3 is 10.0 Å². The average Bonchev–Trinajstić information content (AvgIpc) is 2.44. The van der Waals surface area contributed by atoms with Crippen LogP contribution < -0.4 is 4.90 Å². The monoisotopic (exact) mass is 311 g/mol. The molecular formula is C14H21N3O5. The SMILES string of the molecule is CCCN(CC(C)O)c1c([N+](=O)[O-])cc(CC)cc1[N+](=O)[O-]. The highest BCUT2D eigenvalue weighted by molar-refractivity contribution is 5.76. The molecule has 1 atom stereocenters. The van der Waals surface area contributed by atoms with Crippen molar-refractivity contribution in [2.75, 3.05) is 18.0 Å². The molecule has 0 aromatic heterocycles. The zero-order chi connectivity index (χ0) is 16.9. The lowest BCUT2D eigenvalue weighted by molar-refractivity contribution is -0.392. The molecule has 1 aromatic carbocycles. The van der Waals surface area contributed by atoms with Gasteiger partial charge in [-0.05, 0) is 25.3 Å². The third-order valence-electron chi connectivity index (χ3n) is 3.23. The molecule has 1 N–H and O–H groups in total. The van der Waals surface area contributed by atoms with E-state index in [0.29, 0.717) is 24.9 Å². The lowest BCUT2D eigenvalue weighted by Gasteiger charge is -2.25. The summed E-state index contributed by atoms with van der Waals surface area (Å²) in [6.07, 6.45) is 0.361. The maximum atomic E-state index is 11.4. The third-order valence-corrected chi connectivity index (χ3v) is 3.23. The van der Waals surface area contributed by atoms with Gasteiger partial charge in [0.05, 0.1) is 16.0 Å². The van der Waals surface area contributed by atoms with E-state index in [1.807, 2.05) is 6.92 Å². The first-order valence-corrected chi connectivity index (χ1v) is 7.20. The fourth-order valence-electron chi connectivity index (χ4n) is 2.35. The Morgan fingerprint density at radius 2 is 1.68 bits per heavy atom. The molecule has 0 aliphatic rings. The number of benzene rings is 1. The van der Waals surface area contributed by atoms with Gasteiger partial charge in [-0.2, -0.15) is 0 Å². The van der Waals surface area contributed by atoms with Crippen molar-refractivity contribution in [1.82, 2.24) is 0 Å². The molecule has 22 heavy (non-hydrogen) atoms. The number of anilines is 1. The Morgan fingerprint density at radius 3 is 2.00 bits per heavy atom. The summed E-state index contributed by atoms with van der Waals surface area (Å²) in [5, 5.41) is 32.3. The van der Waals surface area contributed by atoms with Crippen LogP contribution in [0.15, 0.2) is 12.1 Å². The molecule has 0 bridgehead atoms. The van der Waals surface area contributed by atoms with E-state index in [1.54, 1.807) is 13.8 Å². The summed E-state index contributed by atoms with van der Waals surface area (Å²) in [7, 11) is 0. The van der Waals surface area contributed by atoms with E-state index in [1.165, 1.54) is 17.0 Å². The molecule has 8 nitrogen and oxygen atoms in total. The second kappa shape index (κ2) is 7.69. The van der Waals surface area contributed by atoms with Gasteiger partial charge in [-0.15, -0.1) is 0 Å². The second-order valence-corrected chi connectivity index (χ2v) is 5.15. The van der Waals surface area contributed by atoms with E-state index in [-0.39, 0.29) is 23.6 Å². The minimum Gasteiger partial charge on any atom is -0.392 e. The molecule has 1 unspecified atom stereocenters. The van der Waals surface area contributed by atoms with Crippen LogP contribution in [0, 0.1) is 20.2 Å². The van der Waals surface area contributed by atoms with Crippen LogP contribution in [0.3, 0.4) is 0 Å². The van der Waals surface area contributed by atoms with Crippen molar-refractivity contribution in [3.8, 4) is 0 Å². The topological polar surface area (TPSA) is 110 Å². The molecule has 0 radical (unpaired) electrons. The van der Waals surface area contributed by atoms with Crippen LogP contribution in [0.25, 0.3) is 0 Å². The number of hydrogen-bond donors (Lipinski definition) is 1. The molecule has 0 aliphatic carbocycles. The Hall–Kier alpha value is -2.22. The lowest BCUT2D eigenvalue weighted by Crippen LogP contribution is -2.32. The van der Waals surface area contributed by atoms with Gasteiger partial charge in [-0.1, -0.05) is 13.8 Å². The van der Waals surface area contributed by atoms with Crippen molar-refractivity contribution in [3.63, 3.8) is 0 Å². The van der Waals surface area contributed by atoms with Crippen molar-refractivity contribution >= 4 is 17.1 Å². The predicted octanol–water partition coefficient (Wildman–Crippen LogP) is 2.66. The van der Waals surface area contributed by atoms with Crippen LogP contribution in [0.1, 0.15) is 32.8 Å². The molecule has 0 saturated carbocycles. The van der Waals surface area contributed by atoms with Crippen molar-refractivity contribution in [2.24, 2.45) is 0 Å². The average molecular weight is 311 g/mol. The van der Waals surface area contributed by atoms with Gasteiger partial charge in [-0.3, -0.25) is 20.2 Å². The molecule has 0 fully saturated rings. The quantitative estimate of drug-likeness (QED) is 0.583. The summed E-state index contributed by atoms with van der Waals surface area (Å²) < 4.78 is 0. The molecule has 0 aliphatic heterocycles. The fraction of sp³-hybridized carbons (Fsp3) is 0.571. The molecule has 0 heterocycles. The molecule has 122 valence electrons. The van der Waals surface area contributed by atoms with Gasteiger partial charge in [-0.25, -0.2) is 0 Å². The van der Waals surface area contributed by atoms with E-state index < -0.39 is 16.0 Å². The van der Waals surface area contributed by atoms with Gasteiger partial charge in [0.25, 0.3) is 11.4 Å². The number of aliphatic hydroxyl groups excluding tert-OH is 1. The van der Waals surface area contributed by atoms with Crippen molar-refractivity contribution < 1.29 is 15.0 Å². The number of hydrogen-bond acceptors (Lipinski definition) is 6. The van der Waals surface area contributed by atoms with E-state index in [9.17, 15) is 25.3 Å². The van der Waals surface area contributed by atoms with E-state index >= 15 is 0 Å². The van der Waals surface area contributed by atoms with E-state index in [4.69, 9.17) is 0 Å². The van der Waals surface area contributed by atoms with Crippen molar-refractivity contribution in [3.05, 3.63) is 37.9 Å². The van der Waals surface area contributed by atoms with E-state index in [0.717, 1.165) is 0 Å². The number of aliphatic hydroxyl groups is 1. The first-order valence-electron chi connectivity index (χ1n) is 7.20. The van der Waals surface area contributed by atoms with E-state index in [2.05, 4.69) is 0 Å². The first-order chi connectivity index (χ1) is 10.3. The third kappa shape index (κ3) is 4.14. The smallest absolute Gasteiger partial charge is 0.299 e. The Bertz CT molecular complexity index is 524. The molecule has 0 amide bonds. The number of aryl methyl sites for hydroxylation is 1. The Labute approximate surface area is 128 Å². The molecule has 8 heteroatoms. The molecule has 1 rings (SSSR count). The zero-order valence-corrected chi connectivity index (χ0v) is 13.0. The largest absolute Gasteiger partial charge is 0.392 e. The van der Waals surface area contributed by atoms with Crippen LogP contribution in [0.5, 0.6) is 0 Å². The molecule has 0 saturated heterocycles. The number of nitro groups is 2. The highest BCUT2D eigenvalue weighted by Crippen LogP contribution is 2.39. The standard InChI is InChI=1S/C14H21N3O5/c1-4-6-15(9-10(3)18)14-12(16(19)20)7-11(5-2)8-13(14)17(21)22/h7-8,10,18H,4-6,9H2,1-3H3. The maximum absolute atomic E-state index is 11.4. The summed E-state index contributed by atoms with van der Waals surface area (Å²) in [6, 6.07) is 2.74. The normalized spacial score (nSPS) is 12.0. The molecule has 0 spiro atoms. The van der Waals surface area contributed by atoms with Gasteiger partial charge >= 0.3 is 0 Å². The van der Waals surface area contributed by atoms with Gasteiger partial charge in [0.1, 0.15) is 0 Å².